The number of methoxy groups -OCH3 is 1. The molecule has 0 aliphatic rings. The van der Waals surface area contributed by atoms with Gasteiger partial charge >= 0.3 is 12.1 Å². The van der Waals surface area contributed by atoms with Crippen LogP contribution in [0, 0.1) is 0 Å². The fourth-order valence-electron chi connectivity index (χ4n) is 0.985. The Hall–Kier alpha value is -2.37. The molecule has 0 aliphatic heterocycles. The number of hydrogen-bond acceptors (Lipinski definition) is 4. The molecule has 1 aromatic carbocycles. The van der Waals surface area contributed by atoms with Gasteiger partial charge in [-0.2, -0.15) is 5.10 Å². The van der Waals surface area contributed by atoms with Crippen molar-refractivity contribution in [2.24, 2.45) is 5.10 Å². The van der Waals surface area contributed by atoms with Crippen molar-refractivity contribution in [3.8, 4) is 0 Å². The van der Waals surface area contributed by atoms with Gasteiger partial charge in [-0.25, -0.2) is 15.0 Å². The Morgan fingerprint density at radius 2 is 2.00 bits per heavy atom. The van der Waals surface area contributed by atoms with Crippen LogP contribution in [0.1, 0.15) is 15.9 Å². The van der Waals surface area contributed by atoms with Crippen LogP contribution in [0.3, 0.4) is 0 Å². The van der Waals surface area contributed by atoms with Crippen molar-refractivity contribution in [3.63, 3.8) is 0 Å². The number of benzene rings is 1. The zero-order chi connectivity index (χ0) is 12.0. The molecular formula is C10H10N2O4. The first-order chi connectivity index (χ1) is 7.63. The summed E-state index contributed by atoms with van der Waals surface area (Å²) >= 11 is 0. The number of carbonyl (C=O) groups is 2. The van der Waals surface area contributed by atoms with Crippen LogP contribution < -0.4 is 5.43 Å². The predicted octanol–water partition coefficient (Wildman–Crippen LogP) is 1.07. The van der Waals surface area contributed by atoms with Crippen molar-refractivity contribution in [1.82, 2.24) is 5.43 Å². The third-order valence-corrected chi connectivity index (χ3v) is 1.71. The van der Waals surface area contributed by atoms with E-state index < -0.39 is 12.1 Å². The van der Waals surface area contributed by atoms with Gasteiger partial charge in [0.1, 0.15) is 0 Å². The average molecular weight is 222 g/mol. The standard InChI is InChI=1S/C10H10N2O4/c1-16-9(13)8-4-2-7(3-5-8)6-11-12-10(14)15/h2-6,12H,1H3,(H,14,15). The Labute approximate surface area is 91.5 Å². The Morgan fingerprint density at radius 3 is 2.50 bits per heavy atom. The third-order valence-electron chi connectivity index (χ3n) is 1.71. The number of nitrogens with zero attached hydrogens (tertiary/aromatic N) is 1. The summed E-state index contributed by atoms with van der Waals surface area (Å²) in [6, 6.07) is 6.38. The van der Waals surface area contributed by atoms with Gasteiger partial charge in [0.2, 0.25) is 0 Å². The fourth-order valence-corrected chi connectivity index (χ4v) is 0.985. The predicted molar refractivity (Wildman–Crippen MR) is 56.5 cm³/mol. The number of rotatable bonds is 3. The summed E-state index contributed by atoms with van der Waals surface area (Å²) in [5.41, 5.74) is 2.93. The average Bonchev–Trinajstić information content (AvgIpc) is 2.28. The molecular weight excluding hydrogens is 212 g/mol. The van der Waals surface area contributed by atoms with Gasteiger partial charge in [-0.1, -0.05) is 12.1 Å². The van der Waals surface area contributed by atoms with Crippen LogP contribution in [0.5, 0.6) is 0 Å². The maximum Gasteiger partial charge on any atom is 0.425 e. The highest BCUT2D eigenvalue weighted by molar-refractivity contribution is 5.90. The molecule has 0 spiro atoms. The molecule has 0 bridgehead atoms. The number of nitrogens with one attached hydrogen (secondary N) is 1. The summed E-state index contributed by atoms with van der Waals surface area (Å²) < 4.78 is 4.53. The quantitative estimate of drug-likeness (QED) is 0.455. The lowest BCUT2D eigenvalue weighted by Gasteiger charge is -1.98. The number of carboxylic acid groups (broad SMARTS) is 1. The van der Waals surface area contributed by atoms with Crippen LogP contribution in [0.25, 0.3) is 0 Å². The zero-order valence-electron chi connectivity index (χ0n) is 8.51. The van der Waals surface area contributed by atoms with Gasteiger partial charge in [0, 0.05) is 0 Å². The number of esters is 1. The molecule has 1 aromatic rings. The van der Waals surface area contributed by atoms with Crippen molar-refractivity contribution in [2.75, 3.05) is 7.11 Å². The summed E-state index contributed by atoms with van der Waals surface area (Å²) in [6.45, 7) is 0. The number of amides is 1. The Kier molecular flexibility index (Phi) is 4.02. The number of hydrazone groups is 1. The van der Waals surface area contributed by atoms with Crippen molar-refractivity contribution >= 4 is 18.3 Å². The third kappa shape index (κ3) is 3.41. The molecule has 16 heavy (non-hydrogen) atoms. The minimum absolute atomic E-state index is 0.422. The first kappa shape index (κ1) is 11.7. The molecule has 2 N–H and O–H groups in total. The molecule has 0 saturated heterocycles. The fraction of sp³-hybridized carbons (Fsp3) is 0.100. The summed E-state index contributed by atoms with van der Waals surface area (Å²) in [6.07, 6.45) is 0.0947. The van der Waals surface area contributed by atoms with Gasteiger partial charge in [0.25, 0.3) is 0 Å². The second-order valence-corrected chi connectivity index (χ2v) is 2.79. The summed E-state index contributed by atoms with van der Waals surface area (Å²) in [4.78, 5) is 21.2. The maximum atomic E-state index is 11.1. The lowest BCUT2D eigenvalue weighted by atomic mass is 10.1. The van der Waals surface area contributed by atoms with E-state index in [2.05, 4.69) is 9.84 Å². The van der Waals surface area contributed by atoms with Crippen LogP contribution in [-0.2, 0) is 4.74 Å². The largest absolute Gasteiger partial charge is 0.465 e. The smallest absolute Gasteiger partial charge is 0.425 e. The van der Waals surface area contributed by atoms with E-state index in [0.717, 1.165) is 0 Å². The lowest BCUT2D eigenvalue weighted by Crippen LogP contribution is -2.13. The Balaban J connectivity index is 2.68. The molecule has 0 aliphatic carbocycles. The van der Waals surface area contributed by atoms with E-state index in [1.807, 2.05) is 5.43 Å². The van der Waals surface area contributed by atoms with Crippen molar-refractivity contribution in [3.05, 3.63) is 35.4 Å². The minimum atomic E-state index is -1.23. The van der Waals surface area contributed by atoms with Gasteiger partial charge in [0.05, 0.1) is 18.9 Å². The Bertz CT molecular complexity index is 411. The number of hydrogen-bond donors (Lipinski definition) is 2. The number of carbonyl (C=O) groups excluding carboxylic acids is 1. The van der Waals surface area contributed by atoms with E-state index in [1.165, 1.54) is 13.3 Å². The van der Waals surface area contributed by atoms with E-state index in [1.54, 1.807) is 24.3 Å². The highest BCUT2D eigenvalue weighted by atomic mass is 16.5. The molecule has 6 nitrogen and oxygen atoms in total. The molecule has 0 heterocycles. The van der Waals surface area contributed by atoms with Gasteiger partial charge in [-0.15, -0.1) is 0 Å². The first-order valence-corrected chi connectivity index (χ1v) is 4.34. The number of ether oxygens (including phenoxy) is 1. The summed E-state index contributed by atoms with van der Waals surface area (Å²) in [5.74, 6) is -0.424. The molecule has 0 atom stereocenters. The second-order valence-electron chi connectivity index (χ2n) is 2.79. The monoisotopic (exact) mass is 222 g/mol. The molecule has 1 amide bonds. The van der Waals surface area contributed by atoms with Gasteiger partial charge < -0.3 is 9.84 Å². The zero-order valence-corrected chi connectivity index (χ0v) is 8.51. The first-order valence-electron chi connectivity index (χ1n) is 4.34. The lowest BCUT2D eigenvalue weighted by molar-refractivity contribution is 0.0600. The van der Waals surface area contributed by atoms with E-state index in [-0.39, 0.29) is 0 Å². The van der Waals surface area contributed by atoms with Crippen LogP contribution in [-0.4, -0.2) is 30.5 Å². The van der Waals surface area contributed by atoms with Crippen LogP contribution in [0.4, 0.5) is 4.79 Å². The van der Waals surface area contributed by atoms with Crippen molar-refractivity contribution < 1.29 is 19.4 Å². The molecule has 6 heteroatoms. The normalized spacial score (nSPS) is 10.1. The molecule has 0 unspecified atom stereocenters. The van der Waals surface area contributed by atoms with Crippen molar-refractivity contribution in [2.45, 2.75) is 0 Å². The van der Waals surface area contributed by atoms with E-state index in [9.17, 15) is 9.59 Å². The molecule has 84 valence electrons. The van der Waals surface area contributed by atoms with Crippen LogP contribution in [0.2, 0.25) is 0 Å². The molecule has 0 saturated carbocycles. The summed E-state index contributed by atoms with van der Waals surface area (Å²) in [7, 11) is 1.30. The minimum Gasteiger partial charge on any atom is -0.465 e. The molecule has 0 aromatic heterocycles. The molecule has 1 rings (SSSR count). The highest BCUT2D eigenvalue weighted by Gasteiger charge is 2.03. The highest BCUT2D eigenvalue weighted by Crippen LogP contribution is 2.03. The van der Waals surface area contributed by atoms with E-state index in [4.69, 9.17) is 5.11 Å². The molecule has 0 radical (unpaired) electrons. The SMILES string of the molecule is COC(=O)c1ccc(C=NNC(=O)O)cc1. The van der Waals surface area contributed by atoms with Crippen LogP contribution in [0.15, 0.2) is 29.4 Å². The van der Waals surface area contributed by atoms with Crippen LogP contribution >= 0.6 is 0 Å². The van der Waals surface area contributed by atoms with Gasteiger partial charge in [-0.05, 0) is 17.7 Å². The van der Waals surface area contributed by atoms with Gasteiger partial charge in [-0.3, -0.25) is 0 Å². The second kappa shape index (κ2) is 5.50. The maximum absolute atomic E-state index is 11.1. The summed E-state index contributed by atoms with van der Waals surface area (Å²) in [5, 5.41) is 11.7. The van der Waals surface area contributed by atoms with E-state index in [0.29, 0.717) is 11.1 Å². The van der Waals surface area contributed by atoms with Crippen molar-refractivity contribution in [1.29, 1.82) is 0 Å². The van der Waals surface area contributed by atoms with Gasteiger partial charge in [0.15, 0.2) is 0 Å². The van der Waals surface area contributed by atoms with E-state index >= 15 is 0 Å². The Morgan fingerprint density at radius 1 is 1.38 bits per heavy atom. The topological polar surface area (TPSA) is 88.0 Å². The molecule has 0 fully saturated rings.